The van der Waals surface area contributed by atoms with E-state index >= 15 is 0 Å². The average molecular weight is 361 g/mol. The van der Waals surface area contributed by atoms with Gasteiger partial charge in [-0.2, -0.15) is 0 Å². The summed E-state index contributed by atoms with van der Waals surface area (Å²) in [4.78, 5) is 23.1. The molecular weight excluding hydrogens is 344 g/mol. The summed E-state index contributed by atoms with van der Waals surface area (Å²) in [6, 6.07) is 9.44. The standard InChI is InChI=1S/C16H17BrN4O/c17-13-6-1-2-7-14(13)20-15(22)12-5-3-10-21(11-12)16-18-8-4-9-19-16/h1-2,4,6-9,12H,3,5,10-11H2,(H,20,22)/t12-/m1/s1. The van der Waals surface area contributed by atoms with Gasteiger partial charge in [-0.15, -0.1) is 0 Å². The first-order valence-electron chi connectivity index (χ1n) is 7.31. The number of amides is 1. The number of halogens is 1. The molecule has 1 aliphatic rings. The zero-order valence-corrected chi connectivity index (χ0v) is 13.7. The maximum atomic E-state index is 12.5. The maximum absolute atomic E-state index is 12.5. The monoisotopic (exact) mass is 360 g/mol. The lowest BCUT2D eigenvalue weighted by Crippen LogP contribution is -2.41. The van der Waals surface area contributed by atoms with Gasteiger partial charge in [-0.3, -0.25) is 4.79 Å². The number of nitrogens with zero attached hydrogens (tertiary/aromatic N) is 3. The summed E-state index contributed by atoms with van der Waals surface area (Å²) in [5.74, 6) is 0.693. The van der Waals surface area contributed by atoms with Crippen molar-refractivity contribution in [2.24, 2.45) is 5.92 Å². The molecule has 2 heterocycles. The Hall–Kier alpha value is -1.95. The van der Waals surface area contributed by atoms with Crippen LogP contribution in [0.1, 0.15) is 12.8 Å². The van der Waals surface area contributed by atoms with Crippen LogP contribution in [0.4, 0.5) is 11.6 Å². The Morgan fingerprint density at radius 3 is 2.77 bits per heavy atom. The van der Waals surface area contributed by atoms with Crippen LogP contribution in [0.3, 0.4) is 0 Å². The number of hydrogen-bond donors (Lipinski definition) is 1. The topological polar surface area (TPSA) is 58.1 Å². The Balaban J connectivity index is 1.67. The SMILES string of the molecule is O=C(Nc1ccccc1Br)[C@@H]1CCCN(c2ncccn2)C1. The Bertz CT molecular complexity index is 650. The number of piperidine rings is 1. The van der Waals surface area contributed by atoms with E-state index in [0.717, 1.165) is 29.5 Å². The Labute approximate surface area is 137 Å². The summed E-state index contributed by atoms with van der Waals surface area (Å²) < 4.78 is 0.891. The van der Waals surface area contributed by atoms with Crippen molar-refractivity contribution >= 4 is 33.5 Å². The number of benzene rings is 1. The molecular formula is C16H17BrN4O. The van der Waals surface area contributed by atoms with Crippen molar-refractivity contribution in [1.29, 1.82) is 0 Å². The molecule has 0 unspecified atom stereocenters. The molecule has 6 heteroatoms. The van der Waals surface area contributed by atoms with E-state index in [2.05, 4.69) is 36.1 Å². The van der Waals surface area contributed by atoms with Gasteiger partial charge < -0.3 is 10.2 Å². The van der Waals surface area contributed by atoms with Crippen LogP contribution in [-0.2, 0) is 4.79 Å². The molecule has 0 aliphatic carbocycles. The van der Waals surface area contributed by atoms with Crippen LogP contribution in [0.2, 0.25) is 0 Å². The highest BCUT2D eigenvalue weighted by Gasteiger charge is 2.27. The summed E-state index contributed by atoms with van der Waals surface area (Å²) >= 11 is 3.45. The highest BCUT2D eigenvalue weighted by Crippen LogP contribution is 2.25. The van der Waals surface area contributed by atoms with Gasteiger partial charge in [0.1, 0.15) is 0 Å². The van der Waals surface area contributed by atoms with Crippen LogP contribution in [0.25, 0.3) is 0 Å². The largest absolute Gasteiger partial charge is 0.340 e. The molecule has 1 atom stereocenters. The summed E-state index contributed by atoms with van der Waals surface area (Å²) in [7, 11) is 0. The Kier molecular flexibility index (Phi) is 4.68. The number of hydrogen-bond acceptors (Lipinski definition) is 4. The lowest BCUT2D eigenvalue weighted by atomic mass is 9.97. The molecule has 1 aromatic carbocycles. The van der Waals surface area contributed by atoms with E-state index in [1.807, 2.05) is 24.3 Å². The molecule has 1 fully saturated rings. The second-order valence-electron chi connectivity index (χ2n) is 5.30. The van der Waals surface area contributed by atoms with Crippen LogP contribution in [-0.4, -0.2) is 29.0 Å². The van der Waals surface area contributed by atoms with E-state index in [4.69, 9.17) is 0 Å². The summed E-state index contributed by atoms with van der Waals surface area (Å²) in [5, 5.41) is 3.00. The molecule has 3 rings (SSSR count). The third kappa shape index (κ3) is 3.44. The molecule has 0 radical (unpaired) electrons. The van der Waals surface area contributed by atoms with Crippen molar-refractivity contribution in [2.45, 2.75) is 12.8 Å². The number of carbonyl (C=O) groups excluding carboxylic acids is 1. The van der Waals surface area contributed by atoms with E-state index in [9.17, 15) is 4.79 Å². The number of nitrogens with one attached hydrogen (secondary N) is 1. The maximum Gasteiger partial charge on any atom is 0.229 e. The fourth-order valence-corrected chi connectivity index (χ4v) is 3.01. The molecule has 22 heavy (non-hydrogen) atoms. The fourth-order valence-electron chi connectivity index (χ4n) is 2.62. The van der Waals surface area contributed by atoms with Gasteiger partial charge >= 0.3 is 0 Å². The lowest BCUT2D eigenvalue weighted by Gasteiger charge is -2.31. The van der Waals surface area contributed by atoms with Crippen LogP contribution in [0.15, 0.2) is 47.2 Å². The molecule has 1 saturated heterocycles. The van der Waals surface area contributed by atoms with Crippen molar-refractivity contribution in [1.82, 2.24) is 9.97 Å². The van der Waals surface area contributed by atoms with Crippen LogP contribution >= 0.6 is 15.9 Å². The number of anilines is 2. The minimum Gasteiger partial charge on any atom is -0.340 e. The predicted octanol–water partition coefficient (Wildman–Crippen LogP) is 3.09. The van der Waals surface area contributed by atoms with Crippen LogP contribution < -0.4 is 10.2 Å². The summed E-state index contributed by atoms with van der Waals surface area (Å²) in [6.07, 6.45) is 5.31. The Morgan fingerprint density at radius 2 is 2.00 bits per heavy atom. The van der Waals surface area contributed by atoms with Gasteiger partial charge in [0.25, 0.3) is 0 Å². The molecule has 1 amide bonds. The second-order valence-corrected chi connectivity index (χ2v) is 6.16. The molecule has 0 saturated carbocycles. The second kappa shape index (κ2) is 6.87. The van der Waals surface area contributed by atoms with E-state index in [1.165, 1.54) is 0 Å². The molecule has 114 valence electrons. The molecule has 2 aromatic rings. The van der Waals surface area contributed by atoms with Gasteiger partial charge in [-0.1, -0.05) is 12.1 Å². The van der Waals surface area contributed by atoms with Gasteiger partial charge in [0, 0.05) is 30.0 Å². The molecule has 0 spiro atoms. The van der Waals surface area contributed by atoms with Crippen molar-refractivity contribution < 1.29 is 4.79 Å². The summed E-state index contributed by atoms with van der Waals surface area (Å²) in [5.41, 5.74) is 0.806. The predicted molar refractivity (Wildman–Crippen MR) is 89.7 cm³/mol. The van der Waals surface area contributed by atoms with E-state index in [0.29, 0.717) is 12.5 Å². The highest BCUT2D eigenvalue weighted by molar-refractivity contribution is 9.10. The quantitative estimate of drug-likeness (QED) is 0.913. The lowest BCUT2D eigenvalue weighted by molar-refractivity contribution is -0.120. The number of para-hydroxylation sites is 1. The minimum absolute atomic E-state index is 0.0486. The average Bonchev–Trinajstić information content (AvgIpc) is 2.58. The van der Waals surface area contributed by atoms with Gasteiger partial charge in [-0.05, 0) is 47.0 Å². The van der Waals surface area contributed by atoms with Gasteiger partial charge in [0.2, 0.25) is 11.9 Å². The zero-order chi connectivity index (χ0) is 15.4. The number of aromatic nitrogens is 2. The molecule has 1 aromatic heterocycles. The first kappa shape index (κ1) is 15.0. The third-order valence-corrected chi connectivity index (χ3v) is 4.45. The third-order valence-electron chi connectivity index (χ3n) is 3.76. The number of rotatable bonds is 3. The van der Waals surface area contributed by atoms with E-state index in [-0.39, 0.29) is 11.8 Å². The molecule has 0 bridgehead atoms. The van der Waals surface area contributed by atoms with Crippen molar-refractivity contribution in [3.8, 4) is 0 Å². The summed E-state index contributed by atoms with van der Waals surface area (Å²) in [6.45, 7) is 1.54. The Morgan fingerprint density at radius 1 is 1.23 bits per heavy atom. The van der Waals surface area contributed by atoms with Crippen LogP contribution in [0, 0.1) is 5.92 Å². The van der Waals surface area contributed by atoms with E-state index < -0.39 is 0 Å². The zero-order valence-electron chi connectivity index (χ0n) is 12.1. The normalized spacial score (nSPS) is 18.0. The molecule has 1 aliphatic heterocycles. The molecule has 5 nitrogen and oxygen atoms in total. The van der Waals surface area contributed by atoms with E-state index in [1.54, 1.807) is 18.5 Å². The minimum atomic E-state index is -0.0512. The number of carbonyl (C=O) groups is 1. The van der Waals surface area contributed by atoms with Crippen LogP contribution in [0.5, 0.6) is 0 Å². The molecule has 1 N–H and O–H groups in total. The van der Waals surface area contributed by atoms with Crippen molar-refractivity contribution in [3.05, 3.63) is 47.2 Å². The fraction of sp³-hybridized carbons (Fsp3) is 0.312. The van der Waals surface area contributed by atoms with Gasteiger partial charge in [-0.25, -0.2) is 9.97 Å². The smallest absolute Gasteiger partial charge is 0.229 e. The van der Waals surface area contributed by atoms with Gasteiger partial charge in [0.15, 0.2) is 0 Å². The first-order chi connectivity index (χ1) is 10.7. The van der Waals surface area contributed by atoms with Crippen molar-refractivity contribution in [3.63, 3.8) is 0 Å². The van der Waals surface area contributed by atoms with Gasteiger partial charge in [0.05, 0.1) is 11.6 Å². The highest BCUT2D eigenvalue weighted by atomic mass is 79.9. The first-order valence-corrected chi connectivity index (χ1v) is 8.10. The van der Waals surface area contributed by atoms with Crippen molar-refractivity contribution in [2.75, 3.05) is 23.3 Å².